The fraction of sp³-hybridized carbons (Fsp3) is 0.400. The van der Waals surface area contributed by atoms with Crippen LogP contribution in [0, 0.1) is 0 Å². The molecule has 1 saturated heterocycles. The van der Waals surface area contributed by atoms with Crippen LogP contribution in [0.3, 0.4) is 0 Å². The maximum Gasteiger partial charge on any atom is 0.0565 e. The summed E-state index contributed by atoms with van der Waals surface area (Å²) in [6.07, 6.45) is 6.56. The van der Waals surface area contributed by atoms with Gasteiger partial charge in [0.15, 0.2) is 0 Å². The molecule has 1 fully saturated rings. The molecular formula is C15H19N3S. The Morgan fingerprint density at radius 1 is 1.21 bits per heavy atom. The minimum Gasteiger partial charge on any atom is -0.303 e. The van der Waals surface area contributed by atoms with Crippen molar-refractivity contribution < 1.29 is 0 Å². The van der Waals surface area contributed by atoms with Gasteiger partial charge in [-0.05, 0) is 43.6 Å². The number of likely N-dealkylation sites (tertiary alicyclic amines) is 1. The number of hydrogen-bond acceptors (Lipinski definition) is 3. The van der Waals surface area contributed by atoms with E-state index in [4.69, 9.17) is 0 Å². The van der Waals surface area contributed by atoms with Crippen molar-refractivity contribution in [3.05, 3.63) is 36.7 Å². The molecule has 3 nitrogen and oxygen atoms in total. The molecule has 1 aliphatic rings. The monoisotopic (exact) mass is 273 g/mol. The molecule has 1 aromatic heterocycles. The first-order chi connectivity index (χ1) is 9.42. The van der Waals surface area contributed by atoms with Gasteiger partial charge >= 0.3 is 0 Å². The topological polar surface area (TPSA) is 31.9 Å². The summed E-state index contributed by atoms with van der Waals surface area (Å²) in [5.74, 6) is 1.18. The summed E-state index contributed by atoms with van der Waals surface area (Å²) in [6.45, 7) is 3.78. The fourth-order valence-corrected chi connectivity index (χ4v) is 3.44. The summed E-state index contributed by atoms with van der Waals surface area (Å²) < 4.78 is 0. The maximum absolute atomic E-state index is 4.00. The first-order valence-corrected chi connectivity index (χ1v) is 7.85. The van der Waals surface area contributed by atoms with E-state index < -0.39 is 0 Å². The molecule has 0 atom stereocenters. The normalized spacial score (nSPS) is 16.0. The Morgan fingerprint density at radius 2 is 2.11 bits per heavy atom. The van der Waals surface area contributed by atoms with E-state index in [1.165, 1.54) is 48.7 Å². The second kappa shape index (κ2) is 6.26. The van der Waals surface area contributed by atoms with E-state index in [1.807, 2.05) is 24.2 Å². The lowest BCUT2D eigenvalue weighted by Crippen LogP contribution is -2.21. The van der Waals surface area contributed by atoms with Crippen LogP contribution in [0.1, 0.15) is 12.8 Å². The fourth-order valence-electron chi connectivity index (χ4n) is 2.47. The molecule has 4 heteroatoms. The summed E-state index contributed by atoms with van der Waals surface area (Å²) in [4.78, 5) is 3.91. The number of rotatable bonds is 5. The third-order valence-corrected chi connectivity index (χ3v) is 4.51. The second-order valence-corrected chi connectivity index (χ2v) is 6.08. The number of nitrogens with zero attached hydrogens (tertiary/aromatic N) is 2. The first kappa shape index (κ1) is 12.8. The van der Waals surface area contributed by atoms with E-state index in [1.54, 1.807) is 0 Å². The molecule has 100 valence electrons. The van der Waals surface area contributed by atoms with Crippen molar-refractivity contribution in [2.24, 2.45) is 0 Å². The molecule has 3 rings (SSSR count). The average molecular weight is 273 g/mol. The van der Waals surface area contributed by atoms with Crippen molar-refractivity contribution in [2.75, 3.05) is 25.4 Å². The summed E-state index contributed by atoms with van der Waals surface area (Å²) >= 11 is 1.95. The molecule has 0 radical (unpaired) electrons. The van der Waals surface area contributed by atoms with Crippen molar-refractivity contribution in [1.82, 2.24) is 15.1 Å². The SMILES string of the molecule is c1cc(SCCN2CCCC2)cc(-c2cn[nH]c2)c1. The number of aromatic amines is 1. The maximum atomic E-state index is 4.00. The van der Waals surface area contributed by atoms with Crippen LogP contribution in [0.25, 0.3) is 11.1 Å². The molecule has 19 heavy (non-hydrogen) atoms. The van der Waals surface area contributed by atoms with Gasteiger partial charge in [0.1, 0.15) is 0 Å². The highest BCUT2D eigenvalue weighted by atomic mass is 32.2. The molecule has 2 heterocycles. The van der Waals surface area contributed by atoms with Gasteiger partial charge in [-0.25, -0.2) is 0 Å². The zero-order chi connectivity index (χ0) is 12.9. The number of H-pyrrole nitrogens is 1. The lowest BCUT2D eigenvalue weighted by molar-refractivity contribution is 0.362. The van der Waals surface area contributed by atoms with Gasteiger partial charge in [-0.2, -0.15) is 5.10 Å². The van der Waals surface area contributed by atoms with E-state index in [0.717, 1.165) is 5.56 Å². The van der Waals surface area contributed by atoms with Crippen LogP contribution in [0.2, 0.25) is 0 Å². The van der Waals surface area contributed by atoms with E-state index in [9.17, 15) is 0 Å². The largest absolute Gasteiger partial charge is 0.303 e. The van der Waals surface area contributed by atoms with Crippen LogP contribution >= 0.6 is 11.8 Å². The standard InChI is InChI=1S/C15H19N3S/c1-2-7-18(6-1)8-9-19-15-5-3-4-13(10-15)14-11-16-17-12-14/h3-5,10-12H,1-2,6-9H2,(H,16,17). The number of benzene rings is 1. The van der Waals surface area contributed by atoms with E-state index in [-0.39, 0.29) is 0 Å². The Labute approximate surface area is 118 Å². The van der Waals surface area contributed by atoms with Crippen LogP contribution in [0.4, 0.5) is 0 Å². The summed E-state index contributed by atoms with van der Waals surface area (Å²) in [7, 11) is 0. The molecule has 0 spiro atoms. The Kier molecular flexibility index (Phi) is 4.20. The van der Waals surface area contributed by atoms with Gasteiger partial charge in [0.05, 0.1) is 6.20 Å². The van der Waals surface area contributed by atoms with Gasteiger partial charge in [-0.1, -0.05) is 12.1 Å². The van der Waals surface area contributed by atoms with Gasteiger partial charge in [-0.3, -0.25) is 5.10 Å². The summed E-state index contributed by atoms with van der Waals surface area (Å²) in [5.41, 5.74) is 2.39. The highest BCUT2D eigenvalue weighted by Crippen LogP contribution is 2.25. The molecular weight excluding hydrogens is 254 g/mol. The van der Waals surface area contributed by atoms with Crippen LogP contribution in [0.15, 0.2) is 41.6 Å². The van der Waals surface area contributed by atoms with E-state index in [2.05, 4.69) is 39.4 Å². The molecule has 0 aliphatic carbocycles. The second-order valence-electron chi connectivity index (χ2n) is 4.91. The van der Waals surface area contributed by atoms with Gasteiger partial charge in [0, 0.05) is 29.0 Å². The predicted molar refractivity (Wildman–Crippen MR) is 80.4 cm³/mol. The number of aromatic nitrogens is 2. The molecule has 0 bridgehead atoms. The van der Waals surface area contributed by atoms with Gasteiger partial charge in [0.25, 0.3) is 0 Å². The van der Waals surface area contributed by atoms with Crippen molar-refractivity contribution in [3.63, 3.8) is 0 Å². The average Bonchev–Trinajstić information content (AvgIpc) is 3.12. The Bertz CT molecular complexity index is 504. The molecule has 0 amide bonds. The Hall–Kier alpha value is -1.26. The molecule has 1 aliphatic heterocycles. The predicted octanol–water partition coefficient (Wildman–Crippen LogP) is 3.26. The van der Waals surface area contributed by atoms with Crippen molar-refractivity contribution in [2.45, 2.75) is 17.7 Å². The zero-order valence-electron chi connectivity index (χ0n) is 11.0. The lowest BCUT2D eigenvalue weighted by atomic mass is 10.1. The van der Waals surface area contributed by atoms with Gasteiger partial charge in [0.2, 0.25) is 0 Å². The van der Waals surface area contributed by atoms with Gasteiger partial charge < -0.3 is 4.90 Å². The van der Waals surface area contributed by atoms with Crippen LogP contribution in [-0.2, 0) is 0 Å². The molecule has 0 unspecified atom stereocenters. The first-order valence-electron chi connectivity index (χ1n) is 6.86. The van der Waals surface area contributed by atoms with Crippen LogP contribution < -0.4 is 0 Å². The summed E-state index contributed by atoms with van der Waals surface area (Å²) in [5, 5.41) is 6.87. The minimum atomic E-state index is 1.15. The highest BCUT2D eigenvalue weighted by Gasteiger charge is 2.10. The zero-order valence-corrected chi connectivity index (χ0v) is 11.8. The third-order valence-electron chi connectivity index (χ3n) is 3.54. The molecule has 0 saturated carbocycles. The third kappa shape index (κ3) is 3.39. The Morgan fingerprint density at radius 3 is 2.89 bits per heavy atom. The van der Waals surface area contributed by atoms with Crippen LogP contribution in [-0.4, -0.2) is 40.5 Å². The quantitative estimate of drug-likeness (QED) is 0.849. The highest BCUT2D eigenvalue weighted by molar-refractivity contribution is 7.99. The van der Waals surface area contributed by atoms with Crippen molar-refractivity contribution >= 4 is 11.8 Å². The molecule has 1 N–H and O–H groups in total. The van der Waals surface area contributed by atoms with Crippen LogP contribution in [0.5, 0.6) is 0 Å². The number of thioether (sulfide) groups is 1. The van der Waals surface area contributed by atoms with Crippen molar-refractivity contribution in [1.29, 1.82) is 0 Å². The van der Waals surface area contributed by atoms with Gasteiger partial charge in [-0.15, -0.1) is 11.8 Å². The minimum absolute atomic E-state index is 1.15. The summed E-state index contributed by atoms with van der Waals surface area (Å²) in [6, 6.07) is 8.70. The molecule has 2 aromatic rings. The Balaban J connectivity index is 1.57. The number of hydrogen-bond donors (Lipinski definition) is 1. The van der Waals surface area contributed by atoms with Crippen molar-refractivity contribution in [3.8, 4) is 11.1 Å². The smallest absolute Gasteiger partial charge is 0.0565 e. The molecule has 1 aromatic carbocycles. The van der Waals surface area contributed by atoms with E-state index >= 15 is 0 Å². The number of nitrogens with one attached hydrogen (secondary N) is 1. The van der Waals surface area contributed by atoms with E-state index in [0.29, 0.717) is 0 Å². The lowest BCUT2D eigenvalue weighted by Gasteiger charge is -2.13.